The number of aliphatic hydroxyl groups is 1. The van der Waals surface area contributed by atoms with Gasteiger partial charge in [0.1, 0.15) is 0 Å². The van der Waals surface area contributed by atoms with Crippen LogP contribution in [-0.4, -0.2) is 35.0 Å². The first-order valence-electron chi connectivity index (χ1n) is 4.16. The Morgan fingerprint density at radius 2 is 2.00 bits per heavy atom. The maximum absolute atomic E-state index is 11.0. The molecule has 105 valence electrons. The van der Waals surface area contributed by atoms with Crippen LogP contribution in [0, 0.1) is 6.61 Å². The predicted molar refractivity (Wildman–Crippen MR) is 66.3 cm³/mol. The van der Waals surface area contributed by atoms with Gasteiger partial charge in [0.2, 0.25) is 0 Å². The van der Waals surface area contributed by atoms with Crippen molar-refractivity contribution in [2.24, 2.45) is 0 Å². The third-order valence-electron chi connectivity index (χ3n) is 1.88. The zero-order valence-corrected chi connectivity index (χ0v) is 11.7. The molecular weight excluding hydrogens is 320 g/mol. The van der Waals surface area contributed by atoms with Crippen LogP contribution >= 0.6 is 7.60 Å². The second-order valence-corrected chi connectivity index (χ2v) is 5.06. The zero-order chi connectivity index (χ0) is 9.90. The molecule has 7 heteroatoms. The molecule has 1 fully saturated rings. The van der Waals surface area contributed by atoms with E-state index < -0.39 is 19.8 Å². The summed E-state index contributed by atoms with van der Waals surface area (Å²) in [6.45, 7) is 3.01. The summed E-state index contributed by atoms with van der Waals surface area (Å²) in [4.78, 5) is 9.06. The van der Waals surface area contributed by atoms with Gasteiger partial charge in [-0.2, -0.15) is 0 Å². The maximum Gasteiger partial charge on any atom is 0.327 e. The molecule has 0 spiro atoms. The van der Waals surface area contributed by atoms with Crippen LogP contribution in [0.4, 0.5) is 0 Å². The number of aliphatic hydroxyl groups excluding tert-OH is 1. The molecule has 0 bridgehead atoms. The van der Waals surface area contributed by atoms with Crippen LogP contribution < -0.4 is 0 Å². The molecule has 3 unspecified atom stereocenters. The van der Waals surface area contributed by atoms with E-state index in [0.29, 0.717) is 6.42 Å². The van der Waals surface area contributed by atoms with E-state index in [-0.39, 0.29) is 67.8 Å². The van der Waals surface area contributed by atoms with Gasteiger partial charge in [-0.1, -0.05) is 29.2 Å². The number of rotatable bonds is 4. The second kappa shape index (κ2) is 12.2. The molecule has 0 amide bonds. The molecule has 3 atom stereocenters. The molecule has 1 heterocycles. The van der Waals surface area contributed by atoms with Crippen molar-refractivity contribution < 1.29 is 56.5 Å². The summed E-state index contributed by atoms with van der Waals surface area (Å²) in [6, 6.07) is 0. The van der Waals surface area contributed by atoms with Crippen molar-refractivity contribution in [3.63, 3.8) is 0 Å². The molecule has 0 aromatic rings. The fourth-order valence-corrected chi connectivity index (χ4v) is 1.51. The molecule has 1 radical (unpaired) electrons. The van der Waals surface area contributed by atoms with E-state index in [1.165, 1.54) is 6.61 Å². The normalized spacial score (nSPS) is 25.4. The van der Waals surface area contributed by atoms with Gasteiger partial charge in [0, 0.05) is 38.9 Å². The van der Waals surface area contributed by atoms with Crippen LogP contribution in [0.25, 0.3) is 0 Å². The minimum Gasteiger partial charge on any atom is -0.546 e. The van der Waals surface area contributed by atoms with Crippen molar-refractivity contribution in [1.82, 2.24) is 0 Å². The summed E-state index contributed by atoms with van der Waals surface area (Å²) in [6.07, 6.45) is -0.626. The summed E-state index contributed by atoms with van der Waals surface area (Å²) in [7, 11) is -3.46. The molecule has 2 N–H and O–H groups in total. The zero-order valence-electron chi connectivity index (χ0n) is 8.00. The average Bonchev–Trinajstić information content (AvgIpc) is 2.48. The minimum absolute atomic E-state index is 0. The summed E-state index contributed by atoms with van der Waals surface area (Å²) in [5.74, 6) is 0. The van der Waals surface area contributed by atoms with E-state index in [2.05, 4.69) is 0 Å². The maximum atomic E-state index is 11.0. The van der Waals surface area contributed by atoms with Crippen LogP contribution in [-0.2, 0) is 46.5 Å². The van der Waals surface area contributed by atoms with Crippen molar-refractivity contribution in [1.29, 1.82) is 0 Å². The van der Waals surface area contributed by atoms with Gasteiger partial charge in [0.05, 0.1) is 18.8 Å². The van der Waals surface area contributed by atoms with Gasteiger partial charge in [-0.3, -0.25) is 4.57 Å². The SMILES string of the molecule is C.C.C.CCP(=O)(O)OCC1O[CH-]CC1O.[Y]. The van der Waals surface area contributed by atoms with E-state index >= 15 is 0 Å². The third kappa shape index (κ3) is 9.72. The van der Waals surface area contributed by atoms with E-state index in [1.807, 2.05) is 0 Å². The average molecular weight is 346 g/mol. The van der Waals surface area contributed by atoms with E-state index in [4.69, 9.17) is 14.2 Å². The van der Waals surface area contributed by atoms with Gasteiger partial charge in [0.25, 0.3) is 0 Å². The smallest absolute Gasteiger partial charge is 0.327 e. The molecule has 5 nitrogen and oxygen atoms in total. The summed E-state index contributed by atoms with van der Waals surface area (Å²) >= 11 is 0. The van der Waals surface area contributed by atoms with E-state index in [0.717, 1.165) is 0 Å². The van der Waals surface area contributed by atoms with Gasteiger partial charge in [-0.15, -0.1) is 6.42 Å². The molecule has 1 aliphatic heterocycles. The molecule has 1 rings (SSSR count). The van der Waals surface area contributed by atoms with E-state index in [1.54, 1.807) is 6.92 Å². The number of hydrogen-bond donors (Lipinski definition) is 2. The Morgan fingerprint density at radius 1 is 1.47 bits per heavy atom. The minimum atomic E-state index is -3.46. The van der Waals surface area contributed by atoms with Crippen molar-refractivity contribution in [3.05, 3.63) is 6.61 Å². The van der Waals surface area contributed by atoms with Crippen LogP contribution in [0.5, 0.6) is 0 Å². The van der Waals surface area contributed by atoms with Crippen LogP contribution in [0.2, 0.25) is 0 Å². The van der Waals surface area contributed by atoms with Gasteiger partial charge in [0.15, 0.2) is 0 Å². The molecule has 0 aromatic carbocycles. The Hall–Kier alpha value is 1.17. The van der Waals surface area contributed by atoms with Crippen molar-refractivity contribution in [2.45, 2.75) is 47.8 Å². The molecule has 1 aliphatic rings. The first kappa shape index (κ1) is 26.7. The van der Waals surface area contributed by atoms with Crippen molar-refractivity contribution in [2.75, 3.05) is 12.8 Å². The Kier molecular flexibility index (Phi) is 19.2. The van der Waals surface area contributed by atoms with Crippen LogP contribution in [0.3, 0.4) is 0 Å². The van der Waals surface area contributed by atoms with Gasteiger partial charge in [-0.05, 0) is 0 Å². The molecule has 0 saturated carbocycles. The number of ether oxygens (including phenoxy) is 1. The Labute approximate surface area is 131 Å². The Balaban J connectivity index is -0.000000211. The predicted octanol–water partition coefficient (Wildman–Crippen LogP) is 2.43. The second-order valence-electron chi connectivity index (χ2n) is 2.89. The molecule has 17 heavy (non-hydrogen) atoms. The monoisotopic (exact) mass is 346 g/mol. The van der Waals surface area contributed by atoms with Gasteiger partial charge >= 0.3 is 7.60 Å². The standard InChI is InChI=1S/C7H14O5P.3CH4.Y/c1-2-13(9,10)12-5-7-6(8)3-4-11-7;;;;/h4,6-8H,2-3,5H2,1H3,(H,9,10);3*1H4;/q-1;;;;. The van der Waals surface area contributed by atoms with Crippen molar-refractivity contribution >= 4 is 7.60 Å². The topological polar surface area (TPSA) is 76.0 Å². The Bertz CT molecular complexity index is 215. The summed E-state index contributed by atoms with van der Waals surface area (Å²) < 4.78 is 20.7. The van der Waals surface area contributed by atoms with Crippen LogP contribution in [0.1, 0.15) is 35.6 Å². The van der Waals surface area contributed by atoms with Crippen LogP contribution in [0.15, 0.2) is 0 Å². The Morgan fingerprint density at radius 3 is 2.35 bits per heavy atom. The molecule has 0 aliphatic carbocycles. The third-order valence-corrected chi connectivity index (χ3v) is 3.23. The van der Waals surface area contributed by atoms with Gasteiger partial charge in [-0.25, -0.2) is 6.61 Å². The molecular formula is C10H26O5PY-. The fraction of sp³-hybridized carbons (Fsp3) is 0.900. The number of hydrogen-bond acceptors (Lipinski definition) is 4. The summed E-state index contributed by atoms with van der Waals surface area (Å²) in [5, 5.41) is 9.25. The summed E-state index contributed by atoms with van der Waals surface area (Å²) in [5.41, 5.74) is 0. The van der Waals surface area contributed by atoms with Crippen molar-refractivity contribution in [3.8, 4) is 0 Å². The molecule has 0 aromatic heterocycles. The van der Waals surface area contributed by atoms with Gasteiger partial charge < -0.3 is 19.3 Å². The van der Waals surface area contributed by atoms with E-state index in [9.17, 15) is 9.67 Å². The quantitative estimate of drug-likeness (QED) is 0.604. The largest absolute Gasteiger partial charge is 0.546 e. The first-order chi connectivity index (χ1) is 6.05. The first-order valence-corrected chi connectivity index (χ1v) is 5.93. The molecule has 1 saturated heterocycles. The fourth-order valence-electron chi connectivity index (χ4n) is 0.952.